The van der Waals surface area contributed by atoms with Gasteiger partial charge in [0.2, 0.25) is 0 Å². The molecule has 2 aliphatic heterocycles. The van der Waals surface area contributed by atoms with Gasteiger partial charge in [-0.1, -0.05) is 28.1 Å². The first-order chi connectivity index (χ1) is 12.4. The molecule has 0 saturated carbocycles. The van der Waals surface area contributed by atoms with Crippen molar-refractivity contribution in [3.8, 4) is 11.5 Å². The normalized spacial score (nSPS) is 23.8. The first-order valence-corrected chi connectivity index (χ1v) is 9.63. The lowest BCUT2D eigenvalue weighted by Crippen LogP contribution is -2.65. The standard InChI is InChI=1S/C19H18BrFN2O2S/c1-3-24-16-6-4-5-12-14-10-19(2,25-17(12)16)23(18(26)22-14)15-8-7-11(20)9-13(15)21/h4-9,14H,3,10H2,1-2H3,(H,22,26)/t14-,19+/m1/s1. The molecule has 1 saturated heterocycles. The van der Waals surface area contributed by atoms with Gasteiger partial charge in [0, 0.05) is 16.5 Å². The van der Waals surface area contributed by atoms with Gasteiger partial charge in [-0.25, -0.2) is 4.39 Å². The SMILES string of the molecule is CCOc1cccc2c1O[C@@]1(C)C[C@H]2NC(=S)N1c1ccc(Br)cc1F. The lowest BCUT2D eigenvalue weighted by Gasteiger charge is -2.52. The van der Waals surface area contributed by atoms with E-state index >= 15 is 0 Å². The molecule has 4 rings (SSSR count). The highest BCUT2D eigenvalue weighted by atomic mass is 79.9. The number of hydrogen-bond acceptors (Lipinski definition) is 3. The van der Waals surface area contributed by atoms with Crippen LogP contribution in [0.15, 0.2) is 40.9 Å². The zero-order valence-electron chi connectivity index (χ0n) is 14.4. The van der Waals surface area contributed by atoms with Crippen LogP contribution in [0.1, 0.15) is 31.9 Å². The van der Waals surface area contributed by atoms with E-state index in [0.29, 0.717) is 39.8 Å². The lowest BCUT2D eigenvalue weighted by molar-refractivity contribution is 0.0452. The zero-order valence-corrected chi connectivity index (χ0v) is 16.8. The van der Waals surface area contributed by atoms with E-state index in [-0.39, 0.29) is 11.9 Å². The highest BCUT2D eigenvalue weighted by Crippen LogP contribution is 2.49. The number of benzene rings is 2. The number of ether oxygens (including phenoxy) is 2. The molecule has 7 heteroatoms. The molecule has 2 aliphatic rings. The van der Waals surface area contributed by atoms with E-state index < -0.39 is 5.72 Å². The Kier molecular flexibility index (Phi) is 4.31. The van der Waals surface area contributed by atoms with E-state index in [4.69, 9.17) is 21.7 Å². The molecular formula is C19H18BrFN2O2S. The first kappa shape index (κ1) is 17.5. The number of fused-ring (bicyclic) bond motifs is 4. The number of para-hydroxylation sites is 1. The highest BCUT2D eigenvalue weighted by molar-refractivity contribution is 9.10. The number of nitrogens with one attached hydrogen (secondary N) is 1. The van der Waals surface area contributed by atoms with Gasteiger partial charge in [-0.2, -0.15) is 0 Å². The van der Waals surface area contributed by atoms with Crippen molar-refractivity contribution in [2.24, 2.45) is 0 Å². The van der Waals surface area contributed by atoms with Crippen LogP contribution in [0.4, 0.5) is 10.1 Å². The van der Waals surface area contributed by atoms with Crippen LogP contribution in [0.5, 0.6) is 11.5 Å². The predicted octanol–water partition coefficient (Wildman–Crippen LogP) is 4.92. The molecule has 2 bridgehead atoms. The van der Waals surface area contributed by atoms with Crippen molar-refractivity contribution >= 4 is 38.9 Å². The zero-order chi connectivity index (χ0) is 18.5. The van der Waals surface area contributed by atoms with Gasteiger partial charge in [-0.05, 0) is 50.3 Å². The number of halogens is 2. The minimum absolute atomic E-state index is 0.00795. The fraction of sp³-hybridized carbons (Fsp3) is 0.316. The van der Waals surface area contributed by atoms with Gasteiger partial charge in [0.1, 0.15) is 5.82 Å². The van der Waals surface area contributed by atoms with E-state index in [1.807, 2.05) is 32.0 Å². The van der Waals surface area contributed by atoms with Crippen LogP contribution in [-0.4, -0.2) is 17.4 Å². The third kappa shape index (κ3) is 2.74. The maximum absolute atomic E-state index is 14.7. The monoisotopic (exact) mass is 436 g/mol. The Labute approximate surface area is 165 Å². The molecule has 0 radical (unpaired) electrons. The topological polar surface area (TPSA) is 33.7 Å². The van der Waals surface area contributed by atoms with Crippen LogP contribution in [0, 0.1) is 5.82 Å². The summed E-state index contributed by atoms with van der Waals surface area (Å²) in [5.74, 6) is 1.01. The van der Waals surface area contributed by atoms with Crippen molar-refractivity contribution in [2.75, 3.05) is 11.5 Å². The average Bonchev–Trinajstić information content (AvgIpc) is 2.57. The Morgan fingerprint density at radius 2 is 2.23 bits per heavy atom. The Morgan fingerprint density at radius 3 is 2.96 bits per heavy atom. The Hall–Kier alpha value is -1.86. The van der Waals surface area contributed by atoms with Crippen molar-refractivity contribution in [3.63, 3.8) is 0 Å². The van der Waals surface area contributed by atoms with Crippen molar-refractivity contribution < 1.29 is 13.9 Å². The van der Waals surface area contributed by atoms with Gasteiger partial charge in [-0.15, -0.1) is 0 Å². The minimum atomic E-state index is -0.818. The maximum atomic E-state index is 14.7. The molecule has 0 aromatic heterocycles. The van der Waals surface area contributed by atoms with Crippen molar-refractivity contribution in [3.05, 3.63) is 52.3 Å². The van der Waals surface area contributed by atoms with Crippen LogP contribution < -0.4 is 19.7 Å². The minimum Gasteiger partial charge on any atom is -0.490 e. The molecule has 2 aromatic rings. The summed E-state index contributed by atoms with van der Waals surface area (Å²) in [5.41, 5.74) is 0.567. The van der Waals surface area contributed by atoms with E-state index in [9.17, 15) is 4.39 Å². The molecule has 26 heavy (non-hydrogen) atoms. The molecule has 1 fully saturated rings. The molecule has 2 heterocycles. The van der Waals surface area contributed by atoms with E-state index in [1.54, 1.807) is 17.0 Å². The number of nitrogens with zero attached hydrogens (tertiary/aromatic N) is 1. The van der Waals surface area contributed by atoms with Crippen LogP contribution in [0.25, 0.3) is 0 Å². The summed E-state index contributed by atoms with van der Waals surface area (Å²) in [6.45, 7) is 4.40. The van der Waals surface area contributed by atoms with Gasteiger partial charge in [0.15, 0.2) is 22.3 Å². The third-order valence-electron chi connectivity index (χ3n) is 4.71. The molecule has 0 aliphatic carbocycles. The fourth-order valence-corrected chi connectivity index (χ4v) is 4.42. The number of anilines is 1. The van der Waals surface area contributed by atoms with Crippen molar-refractivity contribution in [1.82, 2.24) is 5.32 Å². The summed E-state index contributed by atoms with van der Waals surface area (Å²) in [4.78, 5) is 1.71. The van der Waals surface area contributed by atoms with Gasteiger partial charge < -0.3 is 14.8 Å². The molecule has 0 spiro atoms. The molecule has 4 nitrogen and oxygen atoms in total. The number of thiocarbonyl (C=S) groups is 1. The quantitative estimate of drug-likeness (QED) is 0.690. The second-order valence-corrected chi connectivity index (χ2v) is 7.82. The van der Waals surface area contributed by atoms with Crippen LogP contribution in [0.3, 0.4) is 0 Å². The Bertz CT molecular complexity index is 894. The van der Waals surface area contributed by atoms with Crippen LogP contribution >= 0.6 is 28.1 Å². The smallest absolute Gasteiger partial charge is 0.188 e. The Balaban J connectivity index is 1.82. The summed E-state index contributed by atoms with van der Waals surface area (Å²) in [5, 5.41) is 3.77. The predicted molar refractivity (Wildman–Crippen MR) is 106 cm³/mol. The highest BCUT2D eigenvalue weighted by Gasteiger charge is 2.49. The molecule has 0 unspecified atom stereocenters. The molecule has 2 atom stereocenters. The first-order valence-electron chi connectivity index (χ1n) is 8.43. The Morgan fingerprint density at radius 1 is 1.42 bits per heavy atom. The summed E-state index contributed by atoms with van der Waals surface area (Å²) in [7, 11) is 0. The second-order valence-electron chi connectivity index (χ2n) is 6.52. The number of hydrogen-bond donors (Lipinski definition) is 1. The molecular weight excluding hydrogens is 419 g/mol. The van der Waals surface area contributed by atoms with Gasteiger partial charge in [0.05, 0.1) is 18.3 Å². The lowest BCUT2D eigenvalue weighted by atomic mass is 9.90. The summed E-state index contributed by atoms with van der Waals surface area (Å²) < 4.78 is 27.5. The van der Waals surface area contributed by atoms with Crippen LogP contribution in [-0.2, 0) is 0 Å². The largest absolute Gasteiger partial charge is 0.490 e. The third-order valence-corrected chi connectivity index (χ3v) is 5.51. The van der Waals surface area contributed by atoms with Crippen molar-refractivity contribution in [1.29, 1.82) is 0 Å². The number of rotatable bonds is 3. The van der Waals surface area contributed by atoms with Gasteiger partial charge >= 0.3 is 0 Å². The average molecular weight is 437 g/mol. The summed E-state index contributed by atoms with van der Waals surface area (Å²) in [6.07, 6.45) is 0.630. The van der Waals surface area contributed by atoms with E-state index in [2.05, 4.69) is 21.2 Å². The van der Waals surface area contributed by atoms with E-state index in [0.717, 1.165) is 5.56 Å². The van der Waals surface area contributed by atoms with E-state index in [1.165, 1.54) is 6.07 Å². The summed E-state index contributed by atoms with van der Waals surface area (Å²) in [6, 6.07) is 10.7. The van der Waals surface area contributed by atoms with Crippen LogP contribution in [0.2, 0.25) is 0 Å². The molecule has 1 N–H and O–H groups in total. The molecule has 2 aromatic carbocycles. The second kappa shape index (κ2) is 6.39. The summed E-state index contributed by atoms with van der Waals surface area (Å²) >= 11 is 8.86. The maximum Gasteiger partial charge on any atom is 0.188 e. The van der Waals surface area contributed by atoms with Gasteiger partial charge in [0.25, 0.3) is 0 Å². The molecule has 136 valence electrons. The van der Waals surface area contributed by atoms with Crippen molar-refractivity contribution in [2.45, 2.75) is 32.0 Å². The molecule has 0 amide bonds. The fourth-order valence-electron chi connectivity index (χ4n) is 3.66. The van der Waals surface area contributed by atoms with Gasteiger partial charge in [-0.3, -0.25) is 4.90 Å².